The van der Waals surface area contributed by atoms with Gasteiger partial charge in [0.05, 0.1) is 37.6 Å². The Balaban J connectivity index is 0.000000743. The van der Waals surface area contributed by atoms with Gasteiger partial charge in [-0.1, -0.05) is 13.8 Å². The number of hydrogen-bond acceptors (Lipinski definition) is 10. The fourth-order valence-electron chi connectivity index (χ4n) is 4.22. The Bertz CT molecular complexity index is 826. The summed E-state index contributed by atoms with van der Waals surface area (Å²) in [6.45, 7) is 25.6. The van der Waals surface area contributed by atoms with Crippen LogP contribution in [0.2, 0.25) is 0 Å². The number of rotatable bonds is 14. The second-order valence-corrected chi connectivity index (χ2v) is 12.6. The predicted octanol–water partition coefficient (Wildman–Crippen LogP) is 5.55. The summed E-state index contributed by atoms with van der Waals surface area (Å²) in [5.74, 6) is 5.61. The largest absolute Gasteiger partial charge is 0.382 e. The van der Waals surface area contributed by atoms with E-state index in [2.05, 4.69) is 55.7 Å². The van der Waals surface area contributed by atoms with Gasteiger partial charge in [-0.15, -0.1) is 0 Å². The summed E-state index contributed by atoms with van der Waals surface area (Å²) in [4.78, 5) is 8.05. The maximum absolute atomic E-state index is 6.07. The van der Waals surface area contributed by atoms with Crippen molar-refractivity contribution in [3.05, 3.63) is 13.2 Å². The average molecular weight is 682 g/mol. The van der Waals surface area contributed by atoms with Crippen LogP contribution in [0.4, 0.5) is 0 Å². The molecule has 229 valence electrons. The Kier molecular flexibility index (Phi) is 20.0. The van der Waals surface area contributed by atoms with Crippen molar-refractivity contribution in [1.29, 1.82) is 0 Å². The van der Waals surface area contributed by atoms with Gasteiger partial charge in [-0.25, -0.2) is 9.98 Å². The standard InChI is InChI=1S/C14H26NO4P.C13H24NO4P.Y/c1-8-15-14(4,5)19-20(7)18-13-10(2)11(3)17-12(13)9-16-6;1-7-14-13(4,5)18-19-17-12-9(2)10(3)16-11(12)8-15-6;/h10-13H,1,9H2,2-7H3;9-12,19H,1,8H2,2-6H3;. The molecule has 0 aliphatic carbocycles. The molecule has 1 radical (unpaired) electrons. The summed E-state index contributed by atoms with van der Waals surface area (Å²) in [5, 5.41) is 0. The van der Waals surface area contributed by atoms with Gasteiger partial charge in [-0.2, -0.15) is 0 Å². The van der Waals surface area contributed by atoms with E-state index in [-0.39, 0.29) is 78.4 Å². The Labute approximate surface area is 270 Å². The molecule has 0 aromatic rings. The molecular formula is C27H50N2O8P2Y. The van der Waals surface area contributed by atoms with E-state index in [0.717, 1.165) is 0 Å². The molecule has 0 aromatic heterocycles. The number of ether oxygens (including phenoxy) is 4. The van der Waals surface area contributed by atoms with E-state index in [1.165, 1.54) is 0 Å². The van der Waals surface area contributed by atoms with Crippen molar-refractivity contribution in [2.75, 3.05) is 34.1 Å². The van der Waals surface area contributed by atoms with Gasteiger partial charge in [-0.3, -0.25) is 0 Å². The Morgan fingerprint density at radius 2 is 1.27 bits per heavy atom. The third-order valence-corrected chi connectivity index (χ3v) is 8.68. The third-order valence-electron chi connectivity index (χ3n) is 6.49. The van der Waals surface area contributed by atoms with E-state index in [4.69, 9.17) is 37.0 Å². The smallest absolute Gasteiger partial charge is 0.169 e. The molecule has 0 bridgehead atoms. The SMILES string of the molecule is C=C=NC(C)(C)OP(C)OC1C(COC)OC(C)C1C.C=C=NC(C)(C)OPOC1C(COC)OC(C)C1C.[Y]. The maximum atomic E-state index is 6.07. The number of aliphatic imine (C=N–C) groups is 2. The predicted molar refractivity (Wildman–Crippen MR) is 158 cm³/mol. The van der Waals surface area contributed by atoms with Crippen LogP contribution in [0, 0.1) is 11.8 Å². The van der Waals surface area contributed by atoms with E-state index < -0.39 is 19.8 Å². The first-order valence-corrected chi connectivity index (χ1v) is 15.6. The fourth-order valence-corrected chi connectivity index (χ4v) is 6.38. The topological polar surface area (TPSA) is 98.6 Å². The molecule has 40 heavy (non-hydrogen) atoms. The molecule has 2 heterocycles. The first kappa shape index (κ1) is 40.5. The van der Waals surface area contributed by atoms with Gasteiger partial charge >= 0.3 is 0 Å². The minimum Gasteiger partial charge on any atom is -0.382 e. The zero-order valence-electron chi connectivity index (χ0n) is 26.1. The number of hydrogen-bond donors (Lipinski definition) is 0. The van der Waals surface area contributed by atoms with Crippen molar-refractivity contribution in [1.82, 2.24) is 0 Å². The molecule has 2 aliphatic rings. The molecule has 0 spiro atoms. The summed E-state index contributed by atoms with van der Waals surface area (Å²) in [6, 6.07) is 0. The molecule has 2 rings (SSSR count). The van der Waals surface area contributed by atoms with Crippen LogP contribution in [0.25, 0.3) is 0 Å². The van der Waals surface area contributed by atoms with E-state index in [0.29, 0.717) is 25.0 Å². The van der Waals surface area contributed by atoms with Crippen molar-refractivity contribution in [2.24, 2.45) is 21.8 Å². The molecule has 2 saturated heterocycles. The summed E-state index contributed by atoms with van der Waals surface area (Å²) >= 11 is 0. The second kappa shape index (κ2) is 19.7. The van der Waals surface area contributed by atoms with Crippen LogP contribution in [0.1, 0.15) is 55.4 Å². The molecule has 13 heteroatoms. The fraction of sp³-hybridized carbons (Fsp3) is 0.852. The van der Waals surface area contributed by atoms with E-state index in [1.807, 2.05) is 41.3 Å². The maximum Gasteiger partial charge on any atom is 0.169 e. The first-order valence-electron chi connectivity index (χ1n) is 13.2. The van der Waals surface area contributed by atoms with E-state index >= 15 is 0 Å². The molecule has 10 nitrogen and oxygen atoms in total. The Hall–Kier alpha value is 0.544. The van der Waals surface area contributed by atoms with E-state index in [9.17, 15) is 0 Å². The van der Waals surface area contributed by atoms with Gasteiger partial charge in [0, 0.05) is 65.4 Å². The van der Waals surface area contributed by atoms with Crippen molar-refractivity contribution in [3.8, 4) is 0 Å². The Morgan fingerprint density at radius 1 is 0.825 bits per heavy atom. The molecule has 0 saturated carbocycles. The van der Waals surface area contributed by atoms with Gasteiger partial charge in [0.15, 0.2) is 28.9 Å². The molecule has 0 N–H and O–H groups in total. The van der Waals surface area contributed by atoms with Crippen LogP contribution in [0.3, 0.4) is 0 Å². The van der Waals surface area contributed by atoms with Crippen molar-refractivity contribution >= 4 is 29.1 Å². The zero-order chi connectivity index (χ0) is 29.8. The molecule has 10 unspecified atom stereocenters. The van der Waals surface area contributed by atoms with Crippen LogP contribution in [0.5, 0.6) is 0 Å². The monoisotopic (exact) mass is 681 g/mol. The molecular weight excluding hydrogens is 631 g/mol. The first-order chi connectivity index (χ1) is 18.2. The van der Waals surface area contributed by atoms with Gasteiger partial charge in [0.2, 0.25) is 0 Å². The van der Waals surface area contributed by atoms with Crippen molar-refractivity contribution in [2.45, 2.75) is 103 Å². The summed E-state index contributed by atoms with van der Waals surface area (Å²) in [5.41, 5.74) is -1.33. The Morgan fingerprint density at radius 3 is 1.75 bits per heavy atom. The van der Waals surface area contributed by atoms with E-state index in [1.54, 1.807) is 14.2 Å². The number of nitrogens with zero attached hydrogens (tertiary/aromatic N) is 2. The molecule has 2 fully saturated rings. The molecule has 2 aliphatic heterocycles. The van der Waals surface area contributed by atoms with Crippen LogP contribution in [-0.2, 0) is 69.8 Å². The molecule has 0 amide bonds. The molecule has 10 atom stereocenters. The van der Waals surface area contributed by atoms with Gasteiger partial charge in [0.25, 0.3) is 0 Å². The van der Waals surface area contributed by atoms with Crippen LogP contribution < -0.4 is 0 Å². The third kappa shape index (κ3) is 13.9. The van der Waals surface area contributed by atoms with Gasteiger partial charge in [-0.05, 0) is 66.4 Å². The summed E-state index contributed by atoms with van der Waals surface area (Å²) < 4.78 is 45.3. The van der Waals surface area contributed by atoms with Gasteiger partial charge in [0.1, 0.15) is 12.2 Å². The number of methoxy groups -OCH3 is 2. The zero-order valence-corrected chi connectivity index (χ0v) is 30.9. The van der Waals surface area contributed by atoms with Crippen LogP contribution in [0.15, 0.2) is 23.1 Å². The normalized spacial score (nSPS) is 31.1. The summed E-state index contributed by atoms with van der Waals surface area (Å²) in [6.07, 6.45) is 0.181. The summed E-state index contributed by atoms with van der Waals surface area (Å²) in [7, 11) is 2.15. The molecule has 0 aromatic carbocycles. The van der Waals surface area contributed by atoms with Crippen molar-refractivity contribution < 1.29 is 69.8 Å². The minimum atomic E-state index is -1.07. The average Bonchev–Trinajstić information content (AvgIpc) is 3.24. The van der Waals surface area contributed by atoms with Crippen LogP contribution in [-0.4, -0.2) is 93.9 Å². The minimum absolute atomic E-state index is 0. The van der Waals surface area contributed by atoms with Crippen LogP contribution >= 0.6 is 17.4 Å². The second-order valence-electron chi connectivity index (χ2n) is 10.7. The van der Waals surface area contributed by atoms with Crippen molar-refractivity contribution in [3.63, 3.8) is 0 Å². The quantitative estimate of drug-likeness (QED) is 0.174. The van der Waals surface area contributed by atoms with Gasteiger partial charge < -0.3 is 37.0 Å².